The summed E-state index contributed by atoms with van der Waals surface area (Å²) in [5.74, 6) is 2.42. The van der Waals surface area contributed by atoms with Crippen molar-refractivity contribution in [3.05, 3.63) is 47.6 Å². The van der Waals surface area contributed by atoms with Gasteiger partial charge in [0.2, 0.25) is 11.7 Å². The van der Waals surface area contributed by atoms with Crippen LogP contribution in [0.15, 0.2) is 50.6 Å². The lowest BCUT2D eigenvalue weighted by atomic mass is 9.92. The van der Waals surface area contributed by atoms with Crippen LogP contribution in [0.2, 0.25) is 0 Å². The van der Waals surface area contributed by atoms with Crippen LogP contribution >= 0.6 is 0 Å². The Morgan fingerprint density at radius 1 is 1.11 bits per heavy atom. The largest absolute Gasteiger partial charge is 0.422 e. The number of carbonyl (C=O) groups is 1. The summed E-state index contributed by atoms with van der Waals surface area (Å²) >= 11 is 0. The molecule has 1 aromatic carbocycles. The summed E-state index contributed by atoms with van der Waals surface area (Å²) in [6.07, 6.45) is 2.56. The molecule has 9 nitrogen and oxygen atoms in total. The Morgan fingerprint density at radius 2 is 1.77 bits per heavy atom. The molecule has 9 heteroatoms. The summed E-state index contributed by atoms with van der Waals surface area (Å²) in [6.45, 7) is 14.8. The van der Waals surface area contributed by atoms with Gasteiger partial charge in [-0.1, -0.05) is 51.9 Å². The predicted octanol–water partition coefficient (Wildman–Crippen LogP) is 4.43. The van der Waals surface area contributed by atoms with Crippen molar-refractivity contribution in [1.82, 2.24) is 19.9 Å². The molecule has 2 aliphatic heterocycles. The van der Waals surface area contributed by atoms with Gasteiger partial charge in [-0.2, -0.15) is 9.98 Å². The molecule has 0 bridgehead atoms. The molecule has 4 rings (SSSR count). The van der Waals surface area contributed by atoms with Crippen LogP contribution < -0.4 is 0 Å². The van der Waals surface area contributed by atoms with Crippen LogP contribution in [0, 0.1) is 5.41 Å². The van der Waals surface area contributed by atoms with Crippen LogP contribution in [0.4, 0.5) is 0 Å². The summed E-state index contributed by atoms with van der Waals surface area (Å²) in [4.78, 5) is 30.0. The number of aromatic nitrogens is 2. The van der Waals surface area contributed by atoms with Gasteiger partial charge in [-0.3, -0.25) is 9.79 Å². The van der Waals surface area contributed by atoms with E-state index in [1.54, 1.807) is 7.05 Å². The normalized spacial score (nSPS) is 18.3. The zero-order valence-electron chi connectivity index (χ0n) is 21.8. The van der Waals surface area contributed by atoms with Crippen LogP contribution in [-0.4, -0.2) is 70.9 Å². The smallest absolute Gasteiger partial charge is 0.300 e. The molecule has 0 radical (unpaired) electrons. The van der Waals surface area contributed by atoms with E-state index in [9.17, 15) is 4.79 Å². The molecule has 188 valence electrons. The molecule has 1 aromatic heterocycles. The molecule has 1 saturated heterocycles. The Kier molecular flexibility index (Phi) is 8.43. The zero-order valence-corrected chi connectivity index (χ0v) is 21.8. The third-order valence-corrected chi connectivity index (χ3v) is 5.47. The second-order valence-corrected chi connectivity index (χ2v) is 9.30. The number of allylic oxidation sites excluding steroid dienone is 1. The van der Waals surface area contributed by atoms with Crippen molar-refractivity contribution in [2.75, 3.05) is 33.2 Å². The number of aliphatic imine (C=N–C) groups is 2. The maximum atomic E-state index is 13.0. The lowest BCUT2D eigenvalue weighted by Gasteiger charge is -2.34. The monoisotopic (exact) mass is 480 g/mol. The van der Waals surface area contributed by atoms with E-state index in [1.807, 2.05) is 60.9 Å². The number of nitrogens with zero attached hydrogens (tertiary/aromatic N) is 6. The maximum absolute atomic E-state index is 13.0. The summed E-state index contributed by atoms with van der Waals surface area (Å²) in [5.41, 5.74) is 1.53. The van der Waals surface area contributed by atoms with Gasteiger partial charge in [-0.05, 0) is 30.5 Å². The fourth-order valence-corrected chi connectivity index (χ4v) is 3.74. The molecule has 0 atom stereocenters. The summed E-state index contributed by atoms with van der Waals surface area (Å²) in [7, 11) is 1.69. The Morgan fingerprint density at radius 3 is 2.31 bits per heavy atom. The molecule has 0 unspecified atom stereocenters. The first kappa shape index (κ1) is 26.1. The predicted molar refractivity (Wildman–Crippen MR) is 137 cm³/mol. The molecular weight excluding hydrogens is 444 g/mol. The highest BCUT2D eigenvalue weighted by Crippen LogP contribution is 2.23. The molecule has 2 aromatic rings. The number of amides is 1. The van der Waals surface area contributed by atoms with Gasteiger partial charge in [0.25, 0.3) is 11.9 Å². The third kappa shape index (κ3) is 6.35. The number of hydrogen-bond donors (Lipinski definition) is 0. The van der Waals surface area contributed by atoms with Gasteiger partial charge >= 0.3 is 0 Å². The first-order valence-electron chi connectivity index (χ1n) is 12.1. The Hall–Kier alpha value is -3.49. The van der Waals surface area contributed by atoms with Crippen LogP contribution in [0.1, 0.15) is 57.8 Å². The van der Waals surface area contributed by atoms with E-state index in [1.165, 1.54) is 0 Å². The van der Waals surface area contributed by atoms with Gasteiger partial charge in [0.05, 0.1) is 0 Å². The first-order valence-corrected chi connectivity index (χ1v) is 12.1. The van der Waals surface area contributed by atoms with Gasteiger partial charge in [-0.15, -0.1) is 0 Å². The Bertz CT molecular complexity index is 1100. The third-order valence-electron chi connectivity index (χ3n) is 5.47. The minimum Gasteiger partial charge on any atom is -0.422 e. The maximum Gasteiger partial charge on any atom is 0.300 e. The molecule has 0 saturated carbocycles. The van der Waals surface area contributed by atoms with E-state index in [0.717, 1.165) is 5.56 Å². The SMILES string of the molecule is C/C=C1/OC(N2CCN(C(=O)c3ccc(-c4noc(CC(C)(C)C)n4)cc3)CC2)=NC1=NC.CC. The van der Waals surface area contributed by atoms with Crippen LogP contribution in [0.25, 0.3) is 11.4 Å². The average molecular weight is 481 g/mol. The van der Waals surface area contributed by atoms with Crippen LogP contribution in [-0.2, 0) is 11.2 Å². The highest BCUT2D eigenvalue weighted by Gasteiger charge is 2.29. The molecule has 35 heavy (non-hydrogen) atoms. The minimum atomic E-state index is 0.00182. The van der Waals surface area contributed by atoms with E-state index in [4.69, 9.17) is 9.26 Å². The Balaban J connectivity index is 0.00000167. The molecule has 0 aliphatic carbocycles. The van der Waals surface area contributed by atoms with Crippen molar-refractivity contribution < 1.29 is 14.1 Å². The van der Waals surface area contributed by atoms with E-state index in [2.05, 4.69) is 40.9 Å². The quantitative estimate of drug-likeness (QED) is 0.645. The second kappa shape index (κ2) is 11.3. The van der Waals surface area contributed by atoms with Crippen molar-refractivity contribution in [3.8, 4) is 11.4 Å². The molecule has 3 heterocycles. The zero-order chi connectivity index (χ0) is 25.6. The van der Waals surface area contributed by atoms with Crippen LogP contribution in [0.5, 0.6) is 0 Å². The second-order valence-electron chi connectivity index (χ2n) is 9.30. The van der Waals surface area contributed by atoms with Gasteiger partial charge in [-0.25, -0.2) is 0 Å². The number of hydrogen-bond acceptors (Lipinski definition) is 7. The molecular formula is C26H36N6O3. The van der Waals surface area contributed by atoms with Crippen molar-refractivity contribution in [2.45, 2.75) is 48.0 Å². The van der Waals surface area contributed by atoms with E-state index in [-0.39, 0.29) is 11.3 Å². The number of amidine groups is 2. The number of rotatable bonds is 3. The molecule has 2 aliphatic rings. The number of piperazine rings is 1. The summed E-state index contributed by atoms with van der Waals surface area (Å²) in [5, 5.41) is 4.08. The highest BCUT2D eigenvalue weighted by molar-refractivity contribution is 6.09. The van der Waals surface area contributed by atoms with Gasteiger partial charge < -0.3 is 19.1 Å². The number of benzene rings is 1. The van der Waals surface area contributed by atoms with E-state index >= 15 is 0 Å². The highest BCUT2D eigenvalue weighted by atomic mass is 16.5. The van der Waals surface area contributed by atoms with Crippen molar-refractivity contribution in [3.63, 3.8) is 0 Å². The van der Waals surface area contributed by atoms with Gasteiger partial charge in [0.15, 0.2) is 11.6 Å². The van der Waals surface area contributed by atoms with Gasteiger partial charge in [0, 0.05) is 50.8 Å². The molecule has 1 fully saturated rings. The van der Waals surface area contributed by atoms with Crippen LogP contribution in [0.3, 0.4) is 0 Å². The standard InChI is InChI=1S/C24H30N6O3.C2H6/c1-6-18-21(25-5)27-23(32-18)30-13-11-29(12-14-30)22(31)17-9-7-16(8-10-17)20-26-19(33-28-20)15-24(2,3)4;1-2/h6-10H,11-15H2,1-5H3;1-2H3/b18-6+,25-21?;. The molecule has 1 amide bonds. The van der Waals surface area contributed by atoms with Crippen molar-refractivity contribution >= 4 is 17.8 Å². The number of ether oxygens (including phenoxy) is 1. The van der Waals surface area contributed by atoms with Crippen molar-refractivity contribution in [1.29, 1.82) is 0 Å². The fourth-order valence-electron chi connectivity index (χ4n) is 3.74. The summed E-state index contributed by atoms with van der Waals surface area (Å²) in [6, 6.07) is 7.90. The fraction of sp³-hybridized carbons (Fsp3) is 0.500. The van der Waals surface area contributed by atoms with E-state index < -0.39 is 0 Å². The summed E-state index contributed by atoms with van der Waals surface area (Å²) < 4.78 is 11.2. The van der Waals surface area contributed by atoms with Gasteiger partial charge in [0.1, 0.15) is 0 Å². The Labute approximate surface area is 207 Å². The van der Waals surface area contributed by atoms with E-state index in [0.29, 0.717) is 67.5 Å². The first-order chi connectivity index (χ1) is 16.8. The molecule has 0 N–H and O–H groups in total. The minimum absolute atomic E-state index is 0.00182. The van der Waals surface area contributed by atoms with Crippen molar-refractivity contribution in [2.24, 2.45) is 15.4 Å². The molecule has 0 spiro atoms. The number of carbonyl (C=O) groups excluding carboxylic acids is 1. The topological polar surface area (TPSA) is 96.4 Å². The lowest BCUT2D eigenvalue weighted by Crippen LogP contribution is -2.50. The lowest BCUT2D eigenvalue weighted by molar-refractivity contribution is 0.0679. The average Bonchev–Trinajstić information content (AvgIpc) is 3.51.